The molecule has 0 heterocycles. The second-order valence-electron chi connectivity index (χ2n) is 4.67. The van der Waals surface area contributed by atoms with Crippen LogP contribution in [0.5, 0.6) is 0 Å². The fraction of sp³-hybridized carbons (Fsp3) is 0.909. The number of nitrogens with two attached hydrogens (primary N) is 1. The van der Waals surface area contributed by atoms with Gasteiger partial charge in [0, 0.05) is 12.6 Å². The first-order valence-electron chi connectivity index (χ1n) is 5.69. The van der Waals surface area contributed by atoms with Gasteiger partial charge in [0.15, 0.2) is 0 Å². The van der Waals surface area contributed by atoms with Crippen LogP contribution >= 0.6 is 0 Å². The third-order valence-corrected chi connectivity index (χ3v) is 3.47. The predicted molar refractivity (Wildman–Crippen MR) is 59.6 cm³/mol. The van der Waals surface area contributed by atoms with Crippen LogP contribution in [0.1, 0.15) is 26.2 Å². The van der Waals surface area contributed by atoms with Crippen molar-refractivity contribution in [2.75, 3.05) is 20.1 Å². The Kier molecular flexibility index (Phi) is 4.54. The summed E-state index contributed by atoms with van der Waals surface area (Å²) >= 11 is 0. The fourth-order valence-electron chi connectivity index (χ4n) is 2.52. The van der Waals surface area contributed by atoms with Crippen LogP contribution in [0.15, 0.2) is 0 Å². The molecule has 3 N–H and O–H groups in total. The summed E-state index contributed by atoms with van der Waals surface area (Å²) in [4.78, 5) is 12.9. The van der Waals surface area contributed by atoms with Gasteiger partial charge >= 0.3 is 5.97 Å². The number of carbonyl (C=O) groups is 1. The molecule has 3 atom stereocenters. The summed E-state index contributed by atoms with van der Waals surface area (Å²) in [5.41, 5.74) is 5.71. The zero-order chi connectivity index (χ0) is 11.4. The monoisotopic (exact) mass is 214 g/mol. The molecule has 0 spiro atoms. The highest BCUT2D eigenvalue weighted by atomic mass is 16.4. The summed E-state index contributed by atoms with van der Waals surface area (Å²) in [6.07, 6.45) is 3.57. The van der Waals surface area contributed by atoms with Gasteiger partial charge in [-0.1, -0.05) is 13.3 Å². The van der Waals surface area contributed by atoms with Gasteiger partial charge in [-0.3, -0.25) is 4.79 Å². The Hall–Kier alpha value is -0.610. The van der Waals surface area contributed by atoms with Crippen molar-refractivity contribution in [1.82, 2.24) is 4.90 Å². The highest BCUT2D eigenvalue weighted by molar-refractivity contribution is 5.69. The third-order valence-electron chi connectivity index (χ3n) is 3.47. The van der Waals surface area contributed by atoms with Crippen LogP contribution in [0.4, 0.5) is 0 Å². The quantitative estimate of drug-likeness (QED) is 0.709. The van der Waals surface area contributed by atoms with Crippen molar-refractivity contribution >= 4 is 5.97 Å². The minimum absolute atomic E-state index is 0.297. The molecule has 1 aliphatic rings. The Labute approximate surface area is 91.4 Å². The van der Waals surface area contributed by atoms with E-state index in [0.29, 0.717) is 18.5 Å². The van der Waals surface area contributed by atoms with E-state index < -0.39 is 5.97 Å². The van der Waals surface area contributed by atoms with Gasteiger partial charge in [0.2, 0.25) is 0 Å². The van der Waals surface area contributed by atoms with Crippen molar-refractivity contribution in [2.45, 2.75) is 32.2 Å². The highest BCUT2D eigenvalue weighted by Gasteiger charge is 2.30. The van der Waals surface area contributed by atoms with Gasteiger partial charge in [0.05, 0.1) is 5.92 Å². The van der Waals surface area contributed by atoms with E-state index in [1.54, 1.807) is 6.92 Å². The molecule has 4 heteroatoms. The molecule has 4 nitrogen and oxygen atoms in total. The van der Waals surface area contributed by atoms with Crippen molar-refractivity contribution in [3.05, 3.63) is 0 Å². The maximum Gasteiger partial charge on any atom is 0.307 e. The third kappa shape index (κ3) is 3.18. The van der Waals surface area contributed by atoms with Crippen LogP contribution < -0.4 is 5.73 Å². The van der Waals surface area contributed by atoms with Crippen molar-refractivity contribution in [3.8, 4) is 0 Å². The normalized spacial score (nSPS) is 28.3. The van der Waals surface area contributed by atoms with Crippen LogP contribution in [0.3, 0.4) is 0 Å². The van der Waals surface area contributed by atoms with Gasteiger partial charge in [0.1, 0.15) is 0 Å². The van der Waals surface area contributed by atoms with Crippen LogP contribution in [0, 0.1) is 11.8 Å². The molecular weight excluding hydrogens is 192 g/mol. The molecule has 0 radical (unpaired) electrons. The van der Waals surface area contributed by atoms with E-state index in [2.05, 4.69) is 4.90 Å². The lowest BCUT2D eigenvalue weighted by Gasteiger charge is -2.30. The minimum atomic E-state index is -0.718. The summed E-state index contributed by atoms with van der Waals surface area (Å²) in [5.74, 6) is -0.464. The largest absolute Gasteiger partial charge is 0.481 e. The molecule has 0 amide bonds. The SMILES string of the molecule is CC(CN(C)C1CCCC1CN)C(=O)O. The molecule has 88 valence electrons. The number of carboxylic acids is 1. The number of carboxylic acid groups (broad SMARTS) is 1. The molecule has 15 heavy (non-hydrogen) atoms. The van der Waals surface area contributed by atoms with Crippen LogP contribution in [-0.4, -0.2) is 42.2 Å². The molecule has 1 rings (SSSR count). The Morgan fingerprint density at radius 2 is 2.27 bits per heavy atom. The zero-order valence-corrected chi connectivity index (χ0v) is 9.65. The predicted octanol–water partition coefficient (Wildman–Crippen LogP) is 0.766. The van der Waals surface area contributed by atoms with Gasteiger partial charge in [-0.2, -0.15) is 0 Å². The van der Waals surface area contributed by atoms with E-state index in [4.69, 9.17) is 10.8 Å². The molecule has 1 fully saturated rings. The molecule has 0 saturated heterocycles. The smallest absolute Gasteiger partial charge is 0.307 e. The van der Waals surface area contributed by atoms with Gasteiger partial charge in [0.25, 0.3) is 0 Å². The Balaban J connectivity index is 2.45. The van der Waals surface area contributed by atoms with E-state index in [-0.39, 0.29) is 5.92 Å². The zero-order valence-electron chi connectivity index (χ0n) is 9.65. The number of hydrogen-bond acceptors (Lipinski definition) is 3. The average molecular weight is 214 g/mol. The lowest BCUT2D eigenvalue weighted by molar-refractivity contribution is -0.141. The van der Waals surface area contributed by atoms with Gasteiger partial charge in [-0.15, -0.1) is 0 Å². The standard InChI is InChI=1S/C11H22N2O2/c1-8(11(14)15)7-13(2)10-5-3-4-9(10)6-12/h8-10H,3-7,12H2,1-2H3,(H,14,15). The van der Waals surface area contributed by atoms with E-state index in [1.165, 1.54) is 12.8 Å². The average Bonchev–Trinajstić information content (AvgIpc) is 2.64. The Morgan fingerprint density at radius 3 is 2.80 bits per heavy atom. The highest BCUT2D eigenvalue weighted by Crippen LogP contribution is 2.28. The fourth-order valence-corrected chi connectivity index (χ4v) is 2.52. The van der Waals surface area contributed by atoms with E-state index in [1.807, 2.05) is 7.05 Å². The molecule has 1 saturated carbocycles. The molecule has 0 aliphatic heterocycles. The minimum Gasteiger partial charge on any atom is -0.481 e. The lowest BCUT2D eigenvalue weighted by atomic mass is 10.0. The van der Waals surface area contributed by atoms with Crippen molar-refractivity contribution in [1.29, 1.82) is 0 Å². The second kappa shape index (κ2) is 5.47. The molecular formula is C11H22N2O2. The molecule has 0 aromatic carbocycles. The summed E-state index contributed by atoms with van der Waals surface area (Å²) in [5, 5.41) is 8.85. The molecule has 0 aromatic heterocycles. The molecule has 3 unspecified atom stereocenters. The molecule has 0 aromatic rings. The summed E-state index contributed by atoms with van der Waals surface area (Å²) in [6.45, 7) is 3.10. The van der Waals surface area contributed by atoms with Crippen LogP contribution in [-0.2, 0) is 4.79 Å². The van der Waals surface area contributed by atoms with Gasteiger partial charge in [-0.05, 0) is 32.4 Å². The van der Waals surface area contributed by atoms with Crippen molar-refractivity contribution < 1.29 is 9.90 Å². The molecule has 0 bridgehead atoms. The number of hydrogen-bond donors (Lipinski definition) is 2. The maximum atomic E-state index is 10.7. The Morgan fingerprint density at radius 1 is 1.60 bits per heavy atom. The van der Waals surface area contributed by atoms with Crippen LogP contribution in [0.2, 0.25) is 0 Å². The van der Waals surface area contributed by atoms with Crippen molar-refractivity contribution in [2.24, 2.45) is 17.6 Å². The van der Waals surface area contributed by atoms with Gasteiger partial charge < -0.3 is 15.7 Å². The van der Waals surface area contributed by atoms with E-state index in [9.17, 15) is 4.79 Å². The summed E-state index contributed by atoms with van der Waals surface area (Å²) < 4.78 is 0. The van der Waals surface area contributed by atoms with Gasteiger partial charge in [-0.25, -0.2) is 0 Å². The topological polar surface area (TPSA) is 66.6 Å². The first-order chi connectivity index (χ1) is 7.06. The Bertz CT molecular complexity index is 221. The van der Waals surface area contributed by atoms with Crippen LogP contribution in [0.25, 0.3) is 0 Å². The molecule has 1 aliphatic carbocycles. The van der Waals surface area contributed by atoms with E-state index in [0.717, 1.165) is 13.0 Å². The first-order valence-corrected chi connectivity index (χ1v) is 5.69. The van der Waals surface area contributed by atoms with Crippen molar-refractivity contribution in [3.63, 3.8) is 0 Å². The number of nitrogens with zero attached hydrogens (tertiary/aromatic N) is 1. The number of rotatable bonds is 5. The van der Waals surface area contributed by atoms with E-state index >= 15 is 0 Å². The second-order valence-corrected chi connectivity index (χ2v) is 4.67. The maximum absolute atomic E-state index is 10.7. The first kappa shape index (κ1) is 12.5. The summed E-state index contributed by atoms with van der Waals surface area (Å²) in [7, 11) is 2.01. The summed E-state index contributed by atoms with van der Waals surface area (Å²) in [6, 6.07) is 0.483. The lowest BCUT2D eigenvalue weighted by Crippen LogP contribution is -2.41. The number of aliphatic carboxylic acids is 1.